The molecule has 3 atom stereocenters. The summed E-state index contributed by atoms with van der Waals surface area (Å²) in [5.41, 5.74) is -0.315. The third-order valence-corrected chi connectivity index (χ3v) is 5.76. The average molecular weight is 570 g/mol. The smallest absolute Gasteiger partial charge is 0.408 e. The van der Waals surface area contributed by atoms with E-state index in [4.69, 9.17) is 9.47 Å². The van der Waals surface area contributed by atoms with Crippen LogP contribution in [0.2, 0.25) is 0 Å². The number of nitrogens with zero attached hydrogens (tertiary/aromatic N) is 1. The van der Waals surface area contributed by atoms with Crippen molar-refractivity contribution in [2.75, 3.05) is 13.2 Å². The van der Waals surface area contributed by atoms with Crippen LogP contribution in [0.4, 0.5) is 4.79 Å². The Morgan fingerprint density at radius 3 is 1.83 bits per heavy atom. The molecule has 0 aliphatic heterocycles. The van der Waals surface area contributed by atoms with E-state index in [1.807, 2.05) is 30.3 Å². The number of aliphatic hydroxyl groups is 1. The standard InChI is InChI=1S/C31H43N3O7/c1-8-34(27(37)24(20-35)33-29(39)41-31(5,6)7)25(22-17-13-10-14-18-22)26(36)32-23(28(38)40-30(2,3)4)19-21-15-11-9-12-16-21/h9-18,23-25,35H,8,19-20H2,1-7H3,(H,32,36)(H,33,39). The van der Waals surface area contributed by atoms with Crippen molar-refractivity contribution in [3.8, 4) is 0 Å². The molecule has 2 rings (SSSR count). The van der Waals surface area contributed by atoms with Crippen molar-refractivity contribution in [2.24, 2.45) is 0 Å². The Hall–Kier alpha value is -3.92. The molecule has 0 spiro atoms. The first-order valence-corrected chi connectivity index (χ1v) is 13.7. The van der Waals surface area contributed by atoms with Crippen LogP contribution in [0.25, 0.3) is 0 Å². The first-order valence-electron chi connectivity index (χ1n) is 13.7. The lowest BCUT2D eigenvalue weighted by molar-refractivity contribution is -0.159. The van der Waals surface area contributed by atoms with E-state index in [1.54, 1.807) is 78.8 Å². The molecule has 0 bridgehead atoms. The van der Waals surface area contributed by atoms with Crippen molar-refractivity contribution in [1.82, 2.24) is 15.5 Å². The summed E-state index contributed by atoms with van der Waals surface area (Å²) in [6.45, 7) is 11.3. The van der Waals surface area contributed by atoms with E-state index in [0.29, 0.717) is 5.56 Å². The summed E-state index contributed by atoms with van der Waals surface area (Å²) in [4.78, 5) is 54.4. The Kier molecular flexibility index (Phi) is 11.9. The van der Waals surface area contributed by atoms with Gasteiger partial charge < -0.3 is 30.1 Å². The molecule has 10 heteroatoms. The molecule has 2 aromatic rings. The zero-order valence-corrected chi connectivity index (χ0v) is 25.0. The maximum atomic E-state index is 14.0. The van der Waals surface area contributed by atoms with E-state index in [-0.39, 0.29) is 13.0 Å². The second-order valence-corrected chi connectivity index (χ2v) is 11.6. The number of carbonyl (C=O) groups is 4. The number of carbonyl (C=O) groups excluding carboxylic acids is 4. The first kappa shape index (κ1) is 33.3. The zero-order chi connectivity index (χ0) is 30.8. The molecule has 10 nitrogen and oxygen atoms in total. The van der Waals surface area contributed by atoms with Crippen LogP contribution in [0.15, 0.2) is 60.7 Å². The number of benzene rings is 2. The molecule has 0 saturated carbocycles. The van der Waals surface area contributed by atoms with Crippen LogP contribution in [0.1, 0.15) is 65.6 Å². The molecule has 224 valence electrons. The molecular formula is C31H43N3O7. The number of alkyl carbamates (subject to hydrolysis) is 1. The molecular weight excluding hydrogens is 526 g/mol. The normalized spacial score (nSPS) is 13.8. The van der Waals surface area contributed by atoms with E-state index in [9.17, 15) is 24.3 Å². The highest BCUT2D eigenvalue weighted by atomic mass is 16.6. The molecule has 0 aromatic heterocycles. The van der Waals surface area contributed by atoms with Gasteiger partial charge in [0.15, 0.2) is 0 Å². The summed E-state index contributed by atoms with van der Waals surface area (Å²) in [5, 5.41) is 15.2. The Bertz CT molecular complexity index is 1160. The molecule has 41 heavy (non-hydrogen) atoms. The van der Waals surface area contributed by atoms with E-state index in [1.165, 1.54) is 4.90 Å². The van der Waals surface area contributed by atoms with Gasteiger partial charge in [-0.15, -0.1) is 0 Å². The minimum Gasteiger partial charge on any atom is -0.458 e. The molecule has 2 aromatic carbocycles. The zero-order valence-electron chi connectivity index (χ0n) is 25.0. The summed E-state index contributed by atoms with van der Waals surface area (Å²) in [6.07, 6.45) is -0.711. The molecule has 0 saturated heterocycles. The van der Waals surface area contributed by atoms with Crippen molar-refractivity contribution < 1.29 is 33.8 Å². The molecule has 0 aliphatic carbocycles. The highest BCUT2D eigenvalue weighted by Crippen LogP contribution is 2.23. The number of amides is 3. The summed E-state index contributed by atoms with van der Waals surface area (Å²) < 4.78 is 10.8. The van der Waals surface area contributed by atoms with E-state index in [2.05, 4.69) is 10.6 Å². The third-order valence-electron chi connectivity index (χ3n) is 5.76. The average Bonchev–Trinajstić information content (AvgIpc) is 2.88. The summed E-state index contributed by atoms with van der Waals surface area (Å²) in [7, 11) is 0. The van der Waals surface area contributed by atoms with E-state index < -0.39 is 59.8 Å². The first-order chi connectivity index (χ1) is 19.1. The van der Waals surface area contributed by atoms with Gasteiger partial charge in [-0.3, -0.25) is 9.59 Å². The fourth-order valence-electron chi connectivity index (χ4n) is 4.08. The van der Waals surface area contributed by atoms with Crippen LogP contribution < -0.4 is 10.6 Å². The van der Waals surface area contributed by atoms with Gasteiger partial charge in [0.2, 0.25) is 11.8 Å². The van der Waals surface area contributed by atoms with Crippen molar-refractivity contribution in [3.05, 3.63) is 71.8 Å². The number of nitrogens with one attached hydrogen (secondary N) is 2. The highest BCUT2D eigenvalue weighted by Gasteiger charge is 2.37. The lowest BCUT2D eigenvalue weighted by Gasteiger charge is -2.34. The van der Waals surface area contributed by atoms with Gasteiger partial charge in [0.1, 0.15) is 29.3 Å². The van der Waals surface area contributed by atoms with Gasteiger partial charge in [0.25, 0.3) is 0 Å². The van der Waals surface area contributed by atoms with Gasteiger partial charge in [-0.25, -0.2) is 9.59 Å². The van der Waals surface area contributed by atoms with Crippen LogP contribution in [-0.2, 0) is 30.3 Å². The third kappa shape index (κ3) is 10.9. The minimum atomic E-state index is -1.37. The summed E-state index contributed by atoms with van der Waals surface area (Å²) in [6, 6.07) is 14.2. The fraction of sp³-hybridized carbons (Fsp3) is 0.484. The van der Waals surface area contributed by atoms with Gasteiger partial charge >= 0.3 is 12.1 Å². The fourth-order valence-corrected chi connectivity index (χ4v) is 4.08. The number of esters is 1. The van der Waals surface area contributed by atoms with Crippen LogP contribution in [0.3, 0.4) is 0 Å². The maximum Gasteiger partial charge on any atom is 0.408 e. The molecule has 3 unspecified atom stereocenters. The predicted molar refractivity (Wildman–Crippen MR) is 155 cm³/mol. The van der Waals surface area contributed by atoms with E-state index in [0.717, 1.165) is 5.56 Å². The second-order valence-electron chi connectivity index (χ2n) is 11.6. The number of aliphatic hydroxyl groups excluding tert-OH is 1. The Labute approximate surface area is 242 Å². The second kappa shape index (κ2) is 14.6. The summed E-state index contributed by atoms with van der Waals surface area (Å²) in [5.74, 6) is -1.93. The largest absolute Gasteiger partial charge is 0.458 e. The van der Waals surface area contributed by atoms with Gasteiger partial charge in [-0.05, 0) is 59.6 Å². The van der Waals surface area contributed by atoms with Crippen molar-refractivity contribution in [2.45, 2.75) is 84.2 Å². The Morgan fingerprint density at radius 2 is 1.34 bits per heavy atom. The minimum absolute atomic E-state index is 0.0636. The number of rotatable bonds is 11. The molecule has 0 fully saturated rings. The summed E-state index contributed by atoms with van der Waals surface area (Å²) >= 11 is 0. The number of likely N-dealkylation sites (N-methyl/N-ethyl adjacent to an activating group) is 1. The molecule has 0 radical (unpaired) electrons. The SMILES string of the molecule is CCN(C(=O)C(CO)NC(=O)OC(C)(C)C)C(C(=O)NC(Cc1ccccc1)C(=O)OC(C)(C)C)c1ccccc1. The Morgan fingerprint density at radius 1 is 0.805 bits per heavy atom. The van der Waals surface area contributed by atoms with Gasteiger partial charge in [0.05, 0.1) is 6.61 Å². The van der Waals surface area contributed by atoms with Crippen LogP contribution >= 0.6 is 0 Å². The van der Waals surface area contributed by atoms with Gasteiger partial charge in [0, 0.05) is 13.0 Å². The van der Waals surface area contributed by atoms with Gasteiger partial charge in [-0.2, -0.15) is 0 Å². The predicted octanol–water partition coefficient (Wildman–Crippen LogP) is 3.53. The quantitative estimate of drug-likeness (QED) is 0.353. The van der Waals surface area contributed by atoms with Crippen molar-refractivity contribution >= 4 is 23.9 Å². The lowest BCUT2D eigenvalue weighted by atomic mass is 10.0. The lowest BCUT2D eigenvalue weighted by Crippen LogP contribution is -2.55. The van der Waals surface area contributed by atoms with Gasteiger partial charge in [-0.1, -0.05) is 60.7 Å². The molecule has 3 amide bonds. The monoisotopic (exact) mass is 569 g/mol. The van der Waals surface area contributed by atoms with E-state index >= 15 is 0 Å². The molecule has 3 N–H and O–H groups in total. The van der Waals surface area contributed by atoms with Crippen LogP contribution in [0, 0.1) is 0 Å². The van der Waals surface area contributed by atoms with Crippen molar-refractivity contribution in [3.63, 3.8) is 0 Å². The van der Waals surface area contributed by atoms with Crippen molar-refractivity contribution in [1.29, 1.82) is 0 Å². The maximum absolute atomic E-state index is 14.0. The number of hydrogen-bond donors (Lipinski definition) is 3. The number of hydrogen-bond acceptors (Lipinski definition) is 7. The Balaban J connectivity index is 2.42. The molecule has 0 aliphatic rings. The topological polar surface area (TPSA) is 134 Å². The van der Waals surface area contributed by atoms with Crippen LogP contribution in [-0.4, -0.2) is 70.3 Å². The van der Waals surface area contributed by atoms with Crippen LogP contribution in [0.5, 0.6) is 0 Å². The highest BCUT2D eigenvalue weighted by molar-refractivity contribution is 5.94. The number of ether oxygens (including phenoxy) is 2. The molecule has 0 heterocycles.